The Balaban J connectivity index is 1.73. The van der Waals surface area contributed by atoms with Gasteiger partial charge >= 0.3 is 0 Å². The van der Waals surface area contributed by atoms with Crippen LogP contribution in [0.4, 0.5) is 10.3 Å². The van der Waals surface area contributed by atoms with Crippen LogP contribution < -0.4 is 10.4 Å². The fourth-order valence-corrected chi connectivity index (χ4v) is 4.02. The molecule has 0 radical (unpaired) electrons. The Bertz CT molecular complexity index is 1010. The number of hydrogen-bond donors (Lipinski definition) is 2. The first kappa shape index (κ1) is 25.3. The summed E-state index contributed by atoms with van der Waals surface area (Å²) in [6.45, 7) is 6.52. The van der Waals surface area contributed by atoms with Crippen molar-refractivity contribution in [2.75, 3.05) is 45.2 Å². The van der Waals surface area contributed by atoms with E-state index in [0.29, 0.717) is 43.4 Å². The molecule has 2 aromatic rings. The third-order valence-corrected chi connectivity index (χ3v) is 6.01. The van der Waals surface area contributed by atoms with E-state index in [0.717, 1.165) is 12.0 Å². The maximum Gasteiger partial charge on any atom is 0.246 e. The van der Waals surface area contributed by atoms with Gasteiger partial charge in [0.2, 0.25) is 11.9 Å². The highest BCUT2D eigenvalue weighted by Crippen LogP contribution is 2.24. The van der Waals surface area contributed by atoms with Gasteiger partial charge in [-0.2, -0.15) is 0 Å². The van der Waals surface area contributed by atoms with Crippen molar-refractivity contribution in [2.45, 2.75) is 25.8 Å². The van der Waals surface area contributed by atoms with Crippen LogP contribution in [-0.4, -0.2) is 76.7 Å². The van der Waals surface area contributed by atoms with E-state index in [9.17, 15) is 14.4 Å². The van der Waals surface area contributed by atoms with E-state index in [2.05, 4.69) is 25.2 Å². The van der Waals surface area contributed by atoms with E-state index in [-0.39, 0.29) is 11.7 Å². The van der Waals surface area contributed by atoms with Gasteiger partial charge in [-0.1, -0.05) is 37.3 Å². The minimum Gasteiger partial charge on any atom is -0.347 e. The number of likely N-dealkylation sites (N-methyl/N-ethyl adjacent to an activating group) is 1. The van der Waals surface area contributed by atoms with Gasteiger partial charge in [0.25, 0.3) is 0 Å². The van der Waals surface area contributed by atoms with Crippen LogP contribution in [-0.2, 0) is 4.79 Å². The number of hydrogen-bond acceptors (Lipinski definition) is 7. The second-order valence-corrected chi connectivity index (χ2v) is 8.62. The molecule has 34 heavy (non-hydrogen) atoms. The Hall–Kier alpha value is -3.30. The van der Waals surface area contributed by atoms with Crippen molar-refractivity contribution in [1.82, 2.24) is 25.2 Å². The summed E-state index contributed by atoms with van der Waals surface area (Å²) < 4.78 is 13.3. The highest BCUT2D eigenvalue weighted by molar-refractivity contribution is 5.89. The number of halogens is 1. The maximum atomic E-state index is 13.3. The van der Waals surface area contributed by atoms with Crippen LogP contribution in [0.15, 0.2) is 48.8 Å². The molecular weight excluding hydrogens is 435 g/mol. The number of rotatable bonds is 8. The first-order chi connectivity index (χ1) is 16.3. The van der Waals surface area contributed by atoms with Crippen molar-refractivity contribution in [3.05, 3.63) is 65.8 Å². The minimum atomic E-state index is -0.846. The van der Waals surface area contributed by atoms with Crippen LogP contribution in [0.25, 0.3) is 11.8 Å². The lowest BCUT2D eigenvalue weighted by molar-refractivity contribution is -0.138. The van der Waals surface area contributed by atoms with E-state index in [4.69, 9.17) is 0 Å². The van der Waals surface area contributed by atoms with Crippen molar-refractivity contribution in [1.29, 1.82) is 0 Å². The van der Waals surface area contributed by atoms with Gasteiger partial charge in [0, 0.05) is 58.2 Å². The molecule has 8 nitrogen and oxygen atoms in total. The summed E-state index contributed by atoms with van der Waals surface area (Å²) in [5.74, 6) is 0.298. The molecule has 3 rings (SSSR count). The Morgan fingerprint density at radius 1 is 1.18 bits per heavy atom. The first-order valence-electron chi connectivity index (χ1n) is 11.4. The fraction of sp³-hybridized carbons (Fsp3) is 0.400. The average Bonchev–Trinajstić information content (AvgIpc) is 2.86. The molecule has 2 N–H and O–H groups in total. The molecule has 0 aliphatic carbocycles. The van der Waals surface area contributed by atoms with Crippen LogP contribution in [0.1, 0.15) is 31.4 Å². The molecular formula is C25H33FN6O2. The second kappa shape index (κ2) is 11.2. The number of aromatic nitrogens is 2. The number of allylic oxidation sites excluding steroid dienone is 1. The van der Waals surface area contributed by atoms with Crippen molar-refractivity contribution in [3.8, 4) is 0 Å². The summed E-state index contributed by atoms with van der Waals surface area (Å²) in [7, 11) is 3.50. The molecule has 1 aromatic carbocycles. The molecule has 9 heteroatoms. The van der Waals surface area contributed by atoms with Crippen LogP contribution >= 0.6 is 0 Å². The van der Waals surface area contributed by atoms with Crippen LogP contribution in [0, 0.1) is 5.82 Å². The molecule has 1 amide bonds. The highest BCUT2D eigenvalue weighted by Gasteiger charge is 2.39. The predicted molar refractivity (Wildman–Crippen MR) is 132 cm³/mol. The Kier molecular flexibility index (Phi) is 8.36. The van der Waals surface area contributed by atoms with E-state index >= 15 is 0 Å². The SMILES string of the molecule is CC/C=C(\NO)c1cnc(N2CCN(C(C)(/C=C/c3ccc(F)cc3)C(=O)N(C)C)CC2)nc1. The van der Waals surface area contributed by atoms with E-state index in [1.165, 1.54) is 12.1 Å². The smallest absolute Gasteiger partial charge is 0.246 e. The summed E-state index contributed by atoms with van der Waals surface area (Å²) >= 11 is 0. The molecule has 1 fully saturated rings. The number of benzene rings is 1. The molecule has 0 saturated carbocycles. The number of nitrogens with zero attached hydrogens (tertiary/aromatic N) is 5. The molecule has 1 aromatic heterocycles. The van der Waals surface area contributed by atoms with Gasteiger partial charge in [-0.3, -0.25) is 20.4 Å². The Morgan fingerprint density at radius 2 is 1.79 bits per heavy atom. The molecule has 1 atom stereocenters. The number of carbonyl (C=O) groups is 1. The number of hydroxylamine groups is 1. The lowest BCUT2D eigenvalue weighted by atomic mass is 9.95. The zero-order chi connectivity index (χ0) is 24.7. The number of anilines is 1. The number of nitrogens with one attached hydrogen (secondary N) is 1. The summed E-state index contributed by atoms with van der Waals surface area (Å²) in [6, 6.07) is 6.20. The van der Waals surface area contributed by atoms with Crippen LogP contribution in [0.5, 0.6) is 0 Å². The van der Waals surface area contributed by atoms with Crippen LogP contribution in [0.3, 0.4) is 0 Å². The topological polar surface area (TPSA) is 84.8 Å². The fourth-order valence-electron chi connectivity index (χ4n) is 4.02. The molecule has 1 saturated heterocycles. The standard InChI is InChI=1S/C25H33FN6O2/c1-5-6-22(29-34)20-17-27-24(28-18-20)31-13-15-32(16-14-31)25(2,23(33)30(3)4)12-11-19-7-9-21(26)10-8-19/h6-12,17-18,29,34H,5,13-16H2,1-4H3/b12-11+,22-6-. The summed E-state index contributed by atoms with van der Waals surface area (Å²) in [5.41, 5.74) is 3.46. The zero-order valence-corrected chi connectivity index (χ0v) is 20.2. The van der Waals surface area contributed by atoms with Gasteiger partial charge in [0.1, 0.15) is 11.4 Å². The molecule has 1 aliphatic rings. The summed E-state index contributed by atoms with van der Waals surface area (Å²) in [6.07, 6.45) is 9.76. The number of piperazine rings is 1. The van der Waals surface area contributed by atoms with Gasteiger partial charge < -0.3 is 9.80 Å². The summed E-state index contributed by atoms with van der Waals surface area (Å²) in [4.78, 5) is 28.0. The van der Waals surface area contributed by atoms with E-state index < -0.39 is 5.54 Å². The van der Waals surface area contributed by atoms with Gasteiger partial charge in [-0.25, -0.2) is 14.4 Å². The highest BCUT2D eigenvalue weighted by atomic mass is 19.1. The van der Waals surface area contributed by atoms with Gasteiger partial charge in [0.05, 0.1) is 5.70 Å². The number of carbonyl (C=O) groups excluding carboxylic acids is 1. The molecule has 0 bridgehead atoms. The van der Waals surface area contributed by atoms with Crippen molar-refractivity contribution in [3.63, 3.8) is 0 Å². The zero-order valence-electron chi connectivity index (χ0n) is 20.2. The summed E-state index contributed by atoms with van der Waals surface area (Å²) in [5, 5.41) is 9.30. The minimum absolute atomic E-state index is 0.0216. The maximum absolute atomic E-state index is 13.3. The van der Waals surface area contributed by atoms with Gasteiger partial charge in [0.15, 0.2) is 0 Å². The molecule has 182 valence electrons. The third kappa shape index (κ3) is 5.78. The second-order valence-electron chi connectivity index (χ2n) is 8.62. The number of amides is 1. The normalized spacial score (nSPS) is 17.0. The monoisotopic (exact) mass is 468 g/mol. The lowest BCUT2D eigenvalue weighted by Gasteiger charge is -2.44. The third-order valence-electron chi connectivity index (χ3n) is 6.01. The molecule has 0 spiro atoms. The van der Waals surface area contributed by atoms with E-state index in [1.54, 1.807) is 43.5 Å². The lowest BCUT2D eigenvalue weighted by Crippen LogP contribution is -2.61. The molecule has 2 heterocycles. The molecule has 1 unspecified atom stereocenters. The van der Waals surface area contributed by atoms with Gasteiger partial charge in [-0.05, 0) is 31.0 Å². The predicted octanol–water partition coefficient (Wildman–Crippen LogP) is 3.03. The van der Waals surface area contributed by atoms with Gasteiger partial charge in [-0.15, -0.1) is 0 Å². The van der Waals surface area contributed by atoms with Crippen molar-refractivity contribution >= 4 is 23.6 Å². The van der Waals surface area contributed by atoms with Crippen molar-refractivity contribution in [2.24, 2.45) is 0 Å². The first-order valence-corrected chi connectivity index (χ1v) is 11.4. The van der Waals surface area contributed by atoms with E-state index in [1.807, 2.05) is 32.1 Å². The average molecular weight is 469 g/mol. The van der Waals surface area contributed by atoms with Crippen molar-refractivity contribution < 1.29 is 14.4 Å². The Morgan fingerprint density at radius 3 is 2.32 bits per heavy atom. The Labute approximate surface area is 200 Å². The quantitative estimate of drug-likeness (QED) is 0.576. The van der Waals surface area contributed by atoms with Crippen LogP contribution in [0.2, 0.25) is 0 Å². The largest absolute Gasteiger partial charge is 0.347 e. The molecule has 1 aliphatic heterocycles.